The van der Waals surface area contributed by atoms with E-state index in [0.29, 0.717) is 13.1 Å². The fraction of sp³-hybridized carbons (Fsp3) is 0.400. The van der Waals surface area contributed by atoms with Crippen LogP contribution in [0.15, 0.2) is 23.4 Å². The second kappa shape index (κ2) is 5.25. The first-order valence-corrected chi connectivity index (χ1v) is 7.88. The molecule has 1 aliphatic rings. The zero-order valence-corrected chi connectivity index (χ0v) is 11.1. The van der Waals surface area contributed by atoms with Gasteiger partial charge in [-0.2, -0.15) is 16.1 Å². The largest absolute Gasteiger partial charge is 0.478 e. The normalized spacial score (nSPS) is 17.6. The molecule has 0 radical (unpaired) electrons. The van der Waals surface area contributed by atoms with Gasteiger partial charge in [0.2, 0.25) is 0 Å². The van der Waals surface area contributed by atoms with E-state index in [4.69, 9.17) is 5.11 Å². The van der Waals surface area contributed by atoms with E-state index in [0.717, 1.165) is 17.7 Å². The molecule has 0 spiro atoms. The molecular formula is C10H12N2O4S2. The molecule has 1 aliphatic heterocycles. The number of carboxylic acid groups (broad SMARTS) is 1. The van der Waals surface area contributed by atoms with Crippen molar-refractivity contribution in [3.63, 3.8) is 0 Å². The highest BCUT2D eigenvalue weighted by molar-refractivity contribution is 7.99. The van der Waals surface area contributed by atoms with Gasteiger partial charge < -0.3 is 5.11 Å². The van der Waals surface area contributed by atoms with Gasteiger partial charge >= 0.3 is 5.97 Å². The maximum atomic E-state index is 12.2. The molecule has 0 atom stereocenters. The highest BCUT2D eigenvalue weighted by Crippen LogP contribution is 2.18. The second-order valence-corrected chi connectivity index (χ2v) is 6.82. The molecule has 0 bridgehead atoms. The molecule has 0 amide bonds. The van der Waals surface area contributed by atoms with Crippen LogP contribution in [-0.2, 0) is 10.0 Å². The summed E-state index contributed by atoms with van der Waals surface area (Å²) < 4.78 is 25.7. The van der Waals surface area contributed by atoms with E-state index >= 15 is 0 Å². The van der Waals surface area contributed by atoms with Gasteiger partial charge in [-0.15, -0.1) is 0 Å². The highest BCUT2D eigenvalue weighted by atomic mass is 32.2. The molecule has 98 valence electrons. The van der Waals surface area contributed by atoms with Crippen molar-refractivity contribution in [2.45, 2.75) is 5.03 Å². The van der Waals surface area contributed by atoms with Gasteiger partial charge in [-0.3, -0.25) is 0 Å². The maximum absolute atomic E-state index is 12.2. The molecule has 1 aromatic heterocycles. The molecule has 8 heteroatoms. The summed E-state index contributed by atoms with van der Waals surface area (Å²) in [6.45, 7) is 0.935. The van der Waals surface area contributed by atoms with Crippen LogP contribution in [0.2, 0.25) is 0 Å². The number of thioether (sulfide) groups is 1. The van der Waals surface area contributed by atoms with E-state index in [1.54, 1.807) is 11.8 Å². The van der Waals surface area contributed by atoms with Crippen molar-refractivity contribution in [1.82, 2.24) is 9.29 Å². The van der Waals surface area contributed by atoms with Gasteiger partial charge in [-0.25, -0.2) is 18.2 Å². The Balaban J connectivity index is 2.26. The summed E-state index contributed by atoms with van der Waals surface area (Å²) in [6.07, 6.45) is 1.06. The molecule has 2 rings (SSSR count). The van der Waals surface area contributed by atoms with Crippen LogP contribution >= 0.6 is 11.8 Å². The Morgan fingerprint density at radius 1 is 1.33 bits per heavy atom. The van der Waals surface area contributed by atoms with Crippen molar-refractivity contribution in [2.24, 2.45) is 0 Å². The van der Waals surface area contributed by atoms with Crippen LogP contribution in [-0.4, -0.2) is 53.4 Å². The third-order valence-corrected chi connectivity index (χ3v) is 5.32. The van der Waals surface area contributed by atoms with E-state index in [-0.39, 0.29) is 10.6 Å². The molecule has 0 saturated carbocycles. The summed E-state index contributed by atoms with van der Waals surface area (Å²) in [5.41, 5.74) is -0.0249. The van der Waals surface area contributed by atoms with Crippen molar-refractivity contribution in [2.75, 3.05) is 24.6 Å². The molecule has 1 fully saturated rings. The van der Waals surface area contributed by atoms with Crippen LogP contribution in [0, 0.1) is 0 Å². The molecule has 2 heterocycles. The smallest absolute Gasteiger partial charge is 0.337 e. The minimum Gasteiger partial charge on any atom is -0.478 e. The lowest BCUT2D eigenvalue weighted by atomic mass is 10.3. The standard InChI is InChI=1S/C10H12N2O4S2/c13-10(14)8-1-2-9(11-7-8)18(15,16)12-3-5-17-6-4-12/h1-2,7H,3-6H2,(H,13,14). The van der Waals surface area contributed by atoms with Gasteiger partial charge in [-0.1, -0.05) is 0 Å². The van der Waals surface area contributed by atoms with E-state index in [1.165, 1.54) is 16.4 Å². The lowest BCUT2D eigenvalue weighted by Gasteiger charge is -2.25. The quantitative estimate of drug-likeness (QED) is 0.872. The van der Waals surface area contributed by atoms with E-state index in [2.05, 4.69) is 4.98 Å². The predicted molar refractivity (Wildman–Crippen MR) is 67.3 cm³/mol. The highest BCUT2D eigenvalue weighted by Gasteiger charge is 2.27. The number of rotatable bonds is 3. The van der Waals surface area contributed by atoms with Gasteiger partial charge in [0.15, 0.2) is 5.03 Å². The molecule has 1 aromatic rings. The fourth-order valence-corrected chi connectivity index (χ4v) is 4.07. The summed E-state index contributed by atoms with van der Waals surface area (Å²) in [7, 11) is -3.59. The summed E-state index contributed by atoms with van der Waals surface area (Å²) in [5, 5.41) is 8.63. The van der Waals surface area contributed by atoms with Gasteiger partial charge in [0.25, 0.3) is 10.0 Å². The monoisotopic (exact) mass is 288 g/mol. The van der Waals surface area contributed by atoms with Gasteiger partial charge in [0, 0.05) is 30.8 Å². The van der Waals surface area contributed by atoms with Gasteiger partial charge in [0.05, 0.1) is 5.56 Å². The molecule has 0 aromatic carbocycles. The van der Waals surface area contributed by atoms with Crippen LogP contribution < -0.4 is 0 Å². The van der Waals surface area contributed by atoms with Crippen molar-refractivity contribution in [3.05, 3.63) is 23.9 Å². The van der Waals surface area contributed by atoms with Gasteiger partial charge in [-0.05, 0) is 12.1 Å². The lowest BCUT2D eigenvalue weighted by molar-refractivity contribution is 0.0696. The Morgan fingerprint density at radius 3 is 2.50 bits per heavy atom. The molecule has 0 unspecified atom stereocenters. The van der Waals surface area contributed by atoms with Crippen molar-refractivity contribution in [1.29, 1.82) is 0 Å². The van der Waals surface area contributed by atoms with Crippen LogP contribution in [0.25, 0.3) is 0 Å². The first kappa shape index (κ1) is 13.3. The number of hydrogen-bond donors (Lipinski definition) is 1. The summed E-state index contributed by atoms with van der Waals surface area (Å²) >= 11 is 1.71. The topological polar surface area (TPSA) is 87.6 Å². The Labute approximate surface area is 109 Å². The number of pyridine rings is 1. The van der Waals surface area contributed by atoms with Crippen LogP contribution in [0.1, 0.15) is 10.4 Å². The van der Waals surface area contributed by atoms with Crippen molar-refractivity contribution >= 4 is 27.8 Å². The fourth-order valence-electron chi connectivity index (χ4n) is 1.58. The Hall–Kier alpha value is -1.12. The van der Waals surface area contributed by atoms with Crippen LogP contribution in [0.3, 0.4) is 0 Å². The average Bonchev–Trinajstić information content (AvgIpc) is 2.40. The van der Waals surface area contributed by atoms with Crippen molar-refractivity contribution < 1.29 is 18.3 Å². The minimum absolute atomic E-state index is 0.0249. The summed E-state index contributed by atoms with van der Waals surface area (Å²) in [6, 6.07) is 2.49. The number of sulfonamides is 1. The molecule has 0 aliphatic carbocycles. The molecule has 1 saturated heterocycles. The SMILES string of the molecule is O=C(O)c1ccc(S(=O)(=O)N2CCSCC2)nc1. The third kappa shape index (κ3) is 2.65. The third-order valence-electron chi connectivity index (χ3n) is 2.56. The van der Waals surface area contributed by atoms with E-state index in [1.807, 2.05) is 0 Å². The number of carbonyl (C=O) groups is 1. The van der Waals surface area contributed by atoms with Crippen LogP contribution in [0.5, 0.6) is 0 Å². The maximum Gasteiger partial charge on any atom is 0.337 e. The Kier molecular flexibility index (Phi) is 3.88. The summed E-state index contributed by atoms with van der Waals surface area (Å²) in [4.78, 5) is 14.4. The molecule has 6 nitrogen and oxygen atoms in total. The first-order chi connectivity index (χ1) is 8.51. The Bertz CT molecular complexity index is 536. The van der Waals surface area contributed by atoms with Crippen LogP contribution in [0.4, 0.5) is 0 Å². The zero-order chi connectivity index (χ0) is 13.2. The van der Waals surface area contributed by atoms with E-state index in [9.17, 15) is 13.2 Å². The van der Waals surface area contributed by atoms with E-state index < -0.39 is 16.0 Å². The minimum atomic E-state index is -3.59. The van der Waals surface area contributed by atoms with Crippen molar-refractivity contribution in [3.8, 4) is 0 Å². The Morgan fingerprint density at radius 2 is 2.00 bits per heavy atom. The second-order valence-electron chi connectivity index (χ2n) is 3.71. The number of aromatic nitrogens is 1. The van der Waals surface area contributed by atoms with Gasteiger partial charge in [0.1, 0.15) is 0 Å². The molecule has 1 N–H and O–H groups in total. The number of carboxylic acids is 1. The summed E-state index contributed by atoms with van der Waals surface area (Å²) in [5.74, 6) is 0.416. The number of nitrogens with zero attached hydrogens (tertiary/aromatic N) is 2. The number of aromatic carboxylic acids is 1. The predicted octanol–water partition coefficient (Wildman–Crippen LogP) is 0.517. The number of hydrogen-bond acceptors (Lipinski definition) is 5. The average molecular weight is 288 g/mol. The molecular weight excluding hydrogens is 276 g/mol. The zero-order valence-electron chi connectivity index (χ0n) is 9.44. The first-order valence-electron chi connectivity index (χ1n) is 5.29. The lowest BCUT2D eigenvalue weighted by Crippen LogP contribution is -2.38. The molecule has 18 heavy (non-hydrogen) atoms.